The molecule has 4 aromatic rings. The lowest BCUT2D eigenvalue weighted by Crippen LogP contribution is -2.17. The maximum Gasteiger partial charge on any atom is 0.271 e. The number of nitrogens with zero attached hydrogens (tertiary/aromatic N) is 3. The highest BCUT2D eigenvalue weighted by Gasteiger charge is 2.08. The summed E-state index contributed by atoms with van der Waals surface area (Å²) in [6.07, 6.45) is 1.63. The second-order valence-corrected chi connectivity index (χ2v) is 7.40. The SMILES string of the molecule is Cc1nn(C)c(C)c1/C=N/NC(=O)c1ccc(COc2ccc3ccccc3c2)cc1. The molecule has 31 heavy (non-hydrogen) atoms. The maximum absolute atomic E-state index is 12.3. The van der Waals surface area contributed by atoms with Crippen molar-refractivity contribution in [1.29, 1.82) is 0 Å². The van der Waals surface area contributed by atoms with Crippen molar-refractivity contribution in [3.63, 3.8) is 0 Å². The Hall–Kier alpha value is -3.93. The van der Waals surface area contributed by atoms with E-state index in [4.69, 9.17) is 4.74 Å². The number of nitrogens with one attached hydrogen (secondary N) is 1. The van der Waals surface area contributed by atoms with Gasteiger partial charge in [-0.2, -0.15) is 10.2 Å². The van der Waals surface area contributed by atoms with Gasteiger partial charge in [-0.05, 0) is 54.4 Å². The summed E-state index contributed by atoms with van der Waals surface area (Å²) in [5, 5.41) is 10.7. The Labute approximate surface area is 181 Å². The van der Waals surface area contributed by atoms with Crippen molar-refractivity contribution in [3.05, 3.63) is 94.8 Å². The zero-order valence-electron chi connectivity index (χ0n) is 17.8. The van der Waals surface area contributed by atoms with E-state index in [-0.39, 0.29) is 5.91 Å². The highest BCUT2D eigenvalue weighted by atomic mass is 16.5. The molecule has 0 unspecified atom stereocenters. The van der Waals surface area contributed by atoms with Crippen molar-refractivity contribution in [2.45, 2.75) is 20.5 Å². The fraction of sp³-hybridized carbons (Fsp3) is 0.160. The Balaban J connectivity index is 1.34. The van der Waals surface area contributed by atoms with Crippen LogP contribution < -0.4 is 10.2 Å². The molecular formula is C25H24N4O2. The molecule has 0 radical (unpaired) electrons. The molecule has 0 aliphatic heterocycles. The molecule has 4 rings (SSSR count). The molecule has 0 fully saturated rings. The smallest absolute Gasteiger partial charge is 0.271 e. The third-order valence-electron chi connectivity index (χ3n) is 5.27. The molecule has 6 nitrogen and oxygen atoms in total. The highest BCUT2D eigenvalue weighted by Crippen LogP contribution is 2.21. The van der Waals surface area contributed by atoms with Crippen LogP contribution >= 0.6 is 0 Å². The first kappa shape index (κ1) is 20.3. The van der Waals surface area contributed by atoms with Gasteiger partial charge in [0.05, 0.1) is 11.9 Å². The van der Waals surface area contributed by atoms with Gasteiger partial charge in [0.15, 0.2) is 0 Å². The Morgan fingerprint density at radius 3 is 2.52 bits per heavy atom. The van der Waals surface area contributed by atoms with Gasteiger partial charge in [-0.1, -0.05) is 42.5 Å². The van der Waals surface area contributed by atoms with E-state index in [1.165, 1.54) is 5.39 Å². The lowest BCUT2D eigenvalue weighted by molar-refractivity contribution is 0.0955. The quantitative estimate of drug-likeness (QED) is 0.374. The van der Waals surface area contributed by atoms with E-state index in [9.17, 15) is 4.79 Å². The van der Waals surface area contributed by atoms with Crippen LogP contribution in [0.15, 0.2) is 71.8 Å². The van der Waals surface area contributed by atoms with Gasteiger partial charge in [-0.25, -0.2) is 5.43 Å². The molecule has 0 aliphatic rings. The zero-order chi connectivity index (χ0) is 21.8. The van der Waals surface area contributed by atoms with Crippen LogP contribution in [0.3, 0.4) is 0 Å². The third-order valence-corrected chi connectivity index (χ3v) is 5.27. The molecule has 0 saturated heterocycles. The average molecular weight is 412 g/mol. The average Bonchev–Trinajstić information content (AvgIpc) is 3.03. The maximum atomic E-state index is 12.3. The van der Waals surface area contributed by atoms with E-state index in [1.54, 1.807) is 23.0 Å². The van der Waals surface area contributed by atoms with Gasteiger partial charge in [0.1, 0.15) is 12.4 Å². The van der Waals surface area contributed by atoms with Gasteiger partial charge in [0.25, 0.3) is 5.91 Å². The van der Waals surface area contributed by atoms with E-state index < -0.39 is 0 Å². The lowest BCUT2D eigenvalue weighted by atomic mass is 10.1. The number of fused-ring (bicyclic) bond motifs is 1. The zero-order valence-corrected chi connectivity index (χ0v) is 17.8. The first-order valence-electron chi connectivity index (χ1n) is 10.1. The standard InChI is InChI=1S/C25H24N4O2/c1-17-24(18(2)29(3)28-17)15-26-27-25(30)21-10-8-19(9-11-21)16-31-23-13-12-20-6-4-5-7-22(20)14-23/h4-15H,16H2,1-3H3,(H,27,30)/b26-15+. The molecule has 1 aromatic heterocycles. The third kappa shape index (κ3) is 4.64. The molecule has 0 bridgehead atoms. The van der Waals surface area contributed by atoms with Crippen LogP contribution in [-0.4, -0.2) is 21.9 Å². The Kier molecular flexibility index (Phi) is 5.80. The monoisotopic (exact) mass is 412 g/mol. The molecular weight excluding hydrogens is 388 g/mol. The molecule has 1 amide bonds. The summed E-state index contributed by atoms with van der Waals surface area (Å²) in [5.74, 6) is 0.549. The normalized spacial score (nSPS) is 11.2. The van der Waals surface area contributed by atoms with Crippen molar-refractivity contribution in [1.82, 2.24) is 15.2 Å². The van der Waals surface area contributed by atoms with Gasteiger partial charge < -0.3 is 4.74 Å². The lowest BCUT2D eigenvalue weighted by Gasteiger charge is -2.08. The van der Waals surface area contributed by atoms with Crippen LogP contribution in [0.5, 0.6) is 5.75 Å². The van der Waals surface area contributed by atoms with Gasteiger partial charge in [0, 0.05) is 23.9 Å². The first-order valence-corrected chi connectivity index (χ1v) is 10.1. The number of hydrazone groups is 1. The van der Waals surface area contributed by atoms with Crippen molar-refractivity contribution in [3.8, 4) is 5.75 Å². The van der Waals surface area contributed by atoms with Gasteiger partial charge in [-0.3, -0.25) is 9.48 Å². The first-order chi connectivity index (χ1) is 15.0. The molecule has 1 heterocycles. The summed E-state index contributed by atoms with van der Waals surface area (Å²) in [4.78, 5) is 12.3. The van der Waals surface area contributed by atoms with Crippen LogP contribution in [0.25, 0.3) is 10.8 Å². The number of aromatic nitrogens is 2. The number of benzene rings is 3. The number of carbonyl (C=O) groups excluding carboxylic acids is 1. The Morgan fingerprint density at radius 2 is 1.81 bits per heavy atom. The van der Waals surface area contributed by atoms with Crippen molar-refractivity contribution >= 4 is 22.9 Å². The second kappa shape index (κ2) is 8.83. The van der Waals surface area contributed by atoms with E-state index in [2.05, 4.69) is 27.8 Å². The number of rotatable bonds is 6. The summed E-state index contributed by atoms with van der Waals surface area (Å²) >= 11 is 0. The summed E-state index contributed by atoms with van der Waals surface area (Å²) < 4.78 is 7.70. The number of hydrogen-bond acceptors (Lipinski definition) is 4. The van der Waals surface area contributed by atoms with Crippen LogP contribution in [0.2, 0.25) is 0 Å². The van der Waals surface area contributed by atoms with E-state index >= 15 is 0 Å². The summed E-state index contributed by atoms with van der Waals surface area (Å²) in [6.45, 7) is 4.30. The molecule has 1 N–H and O–H groups in total. The summed E-state index contributed by atoms with van der Waals surface area (Å²) in [5.41, 5.74) is 6.85. The molecule has 0 aliphatic carbocycles. The molecule has 3 aromatic carbocycles. The Bertz CT molecular complexity index is 1260. The van der Waals surface area contributed by atoms with Gasteiger partial charge in [-0.15, -0.1) is 0 Å². The largest absolute Gasteiger partial charge is 0.489 e. The van der Waals surface area contributed by atoms with E-state index in [1.807, 2.05) is 63.4 Å². The van der Waals surface area contributed by atoms with Crippen molar-refractivity contribution < 1.29 is 9.53 Å². The predicted molar refractivity (Wildman–Crippen MR) is 122 cm³/mol. The molecule has 0 spiro atoms. The number of aryl methyl sites for hydroxylation is 2. The van der Waals surface area contributed by atoms with Gasteiger partial charge >= 0.3 is 0 Å². The number of carbonyl (C=O) groups is 1. The minimum Gasteiger partial charge on any atom is -0.489 e. The van der Waals surface area contributed by atoms with Crippen LogP contribution in [0.1, 0.15) is 32.9 Å². The van der Waals surface area contributed by atoms with Crippen LogP contribution in [0, 0.1) is 13.8 Å². The highest BCUT2D eigenvalue weighted by molar-refractivity contribution is 5.95. The second-order valence-electron chi connectivity index (χ2n) is 7.40. The molecule has 0 saturated carbocycles. The van der Waals surface area contributed by atoms with E-state index in [0.29, 0.717) is 12.2 Å². The minimum atomic E-state index is -0.266. The fourth-order valence-electron chi connectivity index (χ4n) is 3.37. The molecule has 6 heteroatoms. The van der Waals surface area contributed by atoms with E-state index in [0.717, 1.165) is 33.7 Å². The summed E-state index contributed by atoms with van der Waals surface area (Å²) in [7, 11) is 1.88. The molecule has 156 valence electrons. The Morgan fingerprint density at radius 1 is 1.06 bits per heavy atom. The summed E-state index contributed by atoms with van der Waals surface area (Å²) in [6, 6.07) is 21.5. The number of ether oxygens (including phenoxy) is 1. The number of hydrogen-bond donors (Lipinski definition) is 1. The number of amides is 1. The predicted octanol–water partition coefficient (Wildman–Crippen LogP) is 4.53. The van der Waals surface area contributed by atoms with Crippen molar-refractivity contribution in [2.24, 2.45) is 12.1 Å². The molecule has 0 atom stereocenters. The van der Waals surface area contributed by atoms with Crippen LogP contribution in [-0.2, 0) is 13.7 Å². The van der Waals surface area contributed by atoms with Crippen LogP contribution in [0.4, 0.5) is 0 Å². The topological polar surface area (TPSA) is 68.5 Å². The van der Waals surface area contributed by atoms with Gasteiger partial charge in [0.2, 0.25) is 0 Å². The fourth-order valence-corrected chi connectivity index (χ4v) is 3.37. The minimum absolute atomic E-state index is 0.266. The van der Waals surface area contributed by atoms with Crippen molar-refractivity contribution in [2.75, 3.05) is 0 Å².